The van der Waals surface area contributed by atoms with Gasteiger partial charge in [-0.15, -0.1) is 0 Å². The number of benzene rings is 3. The van der Waals surface area contributed by atoms with Crippen LogP contribution in [0.25, 0.3) is 11.1 Å². The first kappa shape index (κ1) is 43.9. The van der Waals surface area contributed by atoms with Gasteiger partial charge >= 0.3 is 47.7 Å². The van der Waals surface area contributed by atoms with Crippen molar-refractivity contribution < 1.29 is 80.9 Å². The lowest BCUT2D eigenvalue weighted by Gasteiger charge is -2.39. The molecule has 0 radical (unpaired) electrons. The number of hydrogen-bond acceptors (Lipinski definition) is 5. The first-order valence-corrected chi connectivity index (χ1v) is 16.2. The van der Waals surface area contributed by atoms with Gasteiger partial charge in [0.05, 0.1) is 30.3 Å². The lowest BCUT2D eigenvalue weighted by molar-refractivity contribution is -0.440. The highest BCUT2D eigenvalue weighted by Crippen LogP contribution is 2.60. The minimum Gasteiger partial charge on any atom is -0.493 e. The first-order valence-electron chi connectivity index (χ1n) is 16.2. The summed E-state index contributed by atoms with van der Waals surface area (Å²) in [6.45, 7) is 2.30. The molecule has 1 unspecified atom stereocenters. The van der Waals surface area contributed by atoms with Crippen LogP contribution in [0.5, 0.6) is 11.5 Å². The standard InChI is InChI=1S/C36H33F13O5/c1-3-4-5-6-7-22(2)53-29(50)25-10-8-23(9-11-25)24-12-18-28(19-13-24)54-30(51)26-14-16-27(17-15-26)52-21-20-31(37,38)32(39,40)33(41,42)34(43,44)35(45,46)36(47,48)49/h8-19,22H,3-7,20-21H2,1-2H3. The predicted octanol–water partition coefficient (Wildman–Crippen LogP) is 11.6. The molecular weight excluding hydrogens is 759 g/mol. The van der Waals surface area contributed by atoms with Gasteiger partial charge in [0.15, 0.2) is 0 Å². The zero-order chi connectivity index (χ0) is 40.8. The van der Waals surface area contributed by atoms with E-state index in [1.807, 2.05) is 6.92 Å². The summed E-state index contributed by atoms with van der Waals surface area (Å²) in [7, 11) is 0. The molecule has 0 bridgehead atoms. The summed E-state index contributed by atoms with van der Waals surface area (Å²) in [4.78, 5) is 25.0. The minimum absolute atomic E-state index is 0.0794. The number of ether oxygens (including phenoxy) is 3. The Kier molecular flexibility index (Phi) is 13.7. The van der Waals surface area contributed by atoms with Crippen LogP contribution < -0.4 is 9.47 Å². The molecule has 0 aliphatic carbocycles. The molecule has 0 N–H and O–H groups in total. The molecule has 18 heteroatoms. The molecule has 3 aromatic rings. The van der Waals surface area contributed by atoms with E-state index in [9.17, 15) is 66.7 Å². The van der Waals surface area contributed by atoms with E-state index < -0.39 is 66.5 Å². The van der Waals surface area contributed by atoms with Crippen molar-refractivity contribution in [3.8, 4) is 22.6 Å². The van der Waals surface area contributed by atoms with Crippen molar-refractivity contribution in [1.29, 1.82) is 0 Å². The summed E-state index contributed by atoms with van der Waals surface area (Å²) in [6.07, 6.45) is -5.25. The maximum absolute atomic E-state index is 14.0. The quantitative estimate of drug-likeness (QED) is 0.0556. The molecule has 3 aromatic carbocycles. The number of esters is 2. The topological polar surface area (TPSA) is 61.8 Å². The minimum atomic E-state index is -7.98. The molecule has 0 aliphatic heterocycles. The second-order valence-electron chi connectivity index (χ2n) is 12.2. The zero-order valence-electron chi connectivity index (χ0n) is 28.4. The Morgan fingerprint density at radius 2 is 1.04 bits per heavy atom. The van der Waals surface area contributed by atoms with Gasteiger partial charge in [-0.1, -0.05) is 50.5 Å². The summed E-state index contributed by atoms with van der Waals surface area (Å²) in [5.41, 5.74) is 1.63. The van der Waals surface area contributed by atoms with Crippen molar-refractivity contribution in [3.63, 3.8) is 0 Å². The Bertz CT molecular complexity index is 1690. The van der Waals surface area contributed by atoms with Crippen LogP contribution in [0.2, 0.25) is 0 Å². The first-order chi connectivity index (χ1) is 24.9. The number of alkyl halides is 13. The summed E-state index contributed by atoms with van der Waals surface area (Å²) >= 11 is 0. The van der Waals surface area contributed by atoms with Crippen LogP contribution in [0.4, 0.5) is 57.1 Å². The smallest absolute Gasteiger partial charge is 0.460 e. The lowest BCUT2D eigenvalue weighted by atomic mass is 9.93. The van der Waals surface area contributed by atoms with E-state index in [2.05, 4.69) is 11.7 Å². The molecule has 0 aromatic heterocycles. The number of halogens is 13. The Hall–Kier alpha value is -4.51. The number of rotatable bonds is 18. The third-order valence-electron chi connectivity index (χ3n) is 8.06. The molecule has 0 spiro atoms. The fourth-order valence-electron chi connectivity index (χ4n) is 4.79. The van der Waals surface area contributed by atoms with E-state index in [0.717, 1.165) is 61.9 Å². The van der Waals surface area contributed by atoms with Crippen molar-refractivity contribution in [1.82, 2.24) is 0 Å². The van der Waals surface area contributed by atoms with E-state index in [0.29, 0.717) is 11.1 Å². The summed E-state index contributed by atoms with van der Waals surface area (Å²) in [5, 5.41) is 0. The molecule has 1 atom stereocenters. The highest BCUT2D eigenvalue weighted by molar-refractivity contribution is 5.91. The second kappa shape index (κ2) is 16.9. The van der Waals surface area contributed by atoms with Crippen molar-refractivity contribution in [3.05, 3.63) is 83.9 Å². The van der Waals surface area contributed by atoms with Crippen LogP contribution in [0.1, 0.15) is 73.1 Å². The largest absolute Gasteiger partial charge is 0.493 e. The van der Waals surface area contributed by atoms with E-state index in [1.54, 1.807) is 36.4 Å². The lowest BCUT2D eigenvalue weighted by Crippen LogP contribution is -2.70. The van der Waals surface area contributed by atoms with Crippen LogP contribution in [-0.2, 0) is 4.74 Å². The van der Waals surface area contributed by atoms with Crippen molar-refractivity contribution in [2.75, 3.05) is 6.61 Å². The molecule has 0 saturated heterocycles. The zero-order valence-corrected chi connectivity index (χ0v) is 28.4. The third-order valence-corrected chi connectivity index (χ3v) is 8.06. The van der Waals surface area contributed by atoms with Crippen LogP contribution >= 0.6 is 0 Å². The monoisotopic (exact) mass is 792 g/mol. The van der Waals surface area contributed by atoms with Gasteiger partial charge in [-0.25, -0.2) is 9.59 Å². The fraction of sp³-hybridized carbons (Fsp3) is 0.444. The maximum atomic E-state index is 14.0. The molecule has 298 valence electrons. The fourth-order valence-corrected chi connectivity index (χ4v) is 4.79. The number of unbranched alkanes of at least 4 members (excludes halogenated alkanes) is 3. The average Bonchev–Trinajstić information content (AvgIpc) is 3.10. The van der Waals surface area contributed by atoms with Gasteiger partial charge < -0.3 is 14.2 Å². The van der Waals surface area contributed by atoms with Gasteiger partial charge in [0.2, 0.25) is 0 Å². The molecule has 3 rings (SSSR count). The van der Waals surface area contributed by atoms with Crippen molar-refractivity contribution in [2.24, 2.45) is 0 Å². The van der Waals surface area contributed by atoms with E-state index in [-0.39, 0.29) is 17.4 Å². The van der Waals surface area contributed by atoms with Crippen LogP contribution in [-0.4, -0.2) is 60.4 Å². The van der Waals surface area contributed by atoms with Gasteiger partial charge in [-0.05, 0) is 79.4 Å². The van der Waals surface area contributed by atoms with E-state index in [4.69, 9.17) is 9.47 Å². The van der Waals surface area contributed by atoms with Crippen molar-refractivity contribution >= 4 is 11.9 Å². The molecule has 5 nitrogen and oxygen atoms in total. The predicted molar refractivity (Wildman–Crippen MR) is 168 cm³/mol. The number of hydrogen-bond donors (Lipinski definition) is 0. The van der Waals surface area contributed by atoms with Crippen LogP contribution in [0, 0.1) is 0 Å². The Morgan fingerprint density at radius 3 is 1.56 bits per heavy atom. The maximum Gasteiger partial charge on any atom is 0.460 e. The summed E-state index contributed by atoms with van der Waals surface area (Å²) in [5.74, 6) is -39.1. The van der Waals surface area contributed by atoms with E-state index in [1.165, 1.54) is 12.1 Å². The molecular formula is C36H33F13O5. The highest BCUT2D eigenvalue weighted by Gasteiger charge is 2.90. The Balaban J connectivity index is 1.55. The van der Waals surface area contributed by atoms with Gasteiger partial charge in [-0.2, -0.15) is 57.1 Å². The molecule has 0 heterocycles. The van der Waals surface area contributed by atoms with Gasteiger partial charge in [0, 0.05) is 0 Å². The Labute approximate surface area is 300 Å². The Morgan fingerprint density at radius 1 is 0.574 bits per heavy atom. The summed E-state index contributed by atoms with van der Waals surface area (Å²) in [6, 6.07) is 16.6. The van der Waals surface area contributed by atoms with E-state index >= 15 is 0 Å². The van der Waals surface area contributed by atoms with Gasteiger partial charge in [0.1, 0.15) is 11.5 Å². The normalized spacial score (nSPS) is 13.7. The van der Waals surface area contributed by atoms with Crippen molar-refractivity contribution in [2.45, 2.75) is 94.3 Å². The van der Waals surface area contributed by atoms with Gasteiger partial charge in [-0.3, -0.25) is 0 Å². The number of carbonyl (C=O) groups is 2. The van der Waals surface area contributed by atoms with Crippen LogP contribution in [0.3, 0.4) is 0 Å². The molecule has 54 heavy (non-hydrogen) atoms. The molecule has 0 saturated carbocycles. The molecule has 0 aliphatic rings. The van der Waals surface area contributed by atoms with Crippen LogP contribution in [0.15, 0.2) is 72.8 Å². The second-order valence-corrected chi connectivity index (χ2v) is 12.2. The SMILES string of the molecule is CCCCCCC(C)OC(=O)c1ccc(-c2ccc(OC(=O)c3ccc(OCCC(F)(F)C(F)(F)C(F)(F)C(F)(F)C(F)(F)C(F)(F)F)cc3)cc2)cc1. The third kappa shape index (κ3) is 9.58. The summed E-state index contributed by atoms with van der Waals surface area (Å²) < 4.78 is 188. The molecule has 0 fully saturated rings. The molecule has 0 amide bonds. The van der Waals surface area contributed by atoms with Gasteiger partial charge in [0.25, 0.3) is 0 Å². The highest BCUT2D eigenvalue weighted by atomic mass is 19.4. The average molecular weight is 793 g/mol. The number of carbonyl (C=O) groups excluding carboxylic acids is 2.